The lowest BCUT2D eigenvalue weighted by Crippen LogP contribution is -2.53. The summed E-state index contributed by atoms with van der Waals surface area (Å²) < 4.78 is 26.0. The lowest BCUT2D eigenvalue weighted by Gasteiger charge is -2.36. The van der Waals surface area contributed by atoms with Gasteiger partial charge in [-0.25, -0.2) is 8.42 Å². The molecule has 1 heterocycles. The molecule has 6 rings (SSSR count). The summed E-state index contributed by atoms with van der Waals surface area (Å²) in [6, 6.07) is 7.92. The molecule has 35 heavy (non-hydrogen) atoms. The van der Waals surface area contributed by atoms with Crippen molar-refractivity contribution >= 4 is 21.7 Å². The minimum atomic E-state index is -2.97. The molecular formula is C27H36N2O5S. The molecule has 8 heteroatoms. The largest absolute Gasteiger partial charge is 0.380 e. The van der Waals surface area contributed by atoms with Crippen molar-refractivity contribution in [2.24, 2.45) is 11.8 Å². The number of sulfone groups is 1. The second kappa shape index (κ2) is 8.58. The van der Waals surface area contributed by atoms with Crippen molar-refractivity contribution in [3.8, 4) is 0 Å². The molecule has 0 bridgehead atoms. The van der Waals surface area contributed by atoms with Crippen LogP contribution in [0.25, 0.3) is 0 Å². The van der Waals surface area contributed by atoms with E-state index in [-0.39, 0.29) is 28.2 Å². The van der Waals surface area contributed by atoms with E-state index >= 15 is 0 Å². The maximum absolute atomic E-state index is 13.1. The average Bonchev–Trinajstić information content (AvgIpc) is 3.81. The van der Waals surface area contributed by atoms with E-state index in [1.807, 2.05) is 12.1 Å². The monoisotopic (exact) mass is 500 g/mol. The number of hydrogen-bond donors (Lipinski definition) is 1. The Balaban J connectivity index is 1.07. The molecule has 0 spiro atoms. The third kappa shape index (κ3) is 4.31. The number of benzene rings is 1. The van der Waals surface area contributed by atoms with Gasteiger partial charge in [-0.15, -0.1) is 0 Å². The van der Waals surface area contributed by atoms with Crippen molar-refractivity contribution in [1.82, 2.24) is 9.80 Å². The second-order valence-electron chi connectivity index (χ2n) is 11.6. The molecule has 4 saturated carbocycles. The van der Waals surface area contributed by atoms with E-state index in [1.54, 1.807) is 9.80 Å². The smallest absolute Gasteiger partial charge is 0.254 e. The van der Waals surface area contributed by atoms with Crippen molar-refractivity contribution in [2.75, 3.05) is 26.2 Å². The van der Waals surface area contributed by atoms with E-state index < -0.39 is 15.4 Å². The zero-order valence-electron chi connectivity index (χ0n) is 20.3. The van der Waals surface area contributed by atoms with Gasteiger partial charge in [-0.1, -0.05) is 12.1 Å². The highest BCUT2D eigenvalue weighted by atomic mass is 32.2. The standard InChI is InChI=1S/C27H36N2O5S/c30-25(28-13-15-29(16-14-28)26(31)27(32)11-12-27)20-4-1-18(2-5-20)21-6-3-19-7-10-24(23(19)17-21)35(33,34)22-8-9-22/h1-2,4-5,19,21-24,32H,3,6-17H2. The van der Waals surface area contributed by atoms with Gasteiger partial charge in [0.1, 0.15) is 5.60 Å². The summed E-state index contributed by atoms with van der Waals surface area (Å²) in [6.07, 6.45) is 7.81. The summed E-state index contributed by atoms with van der Waals surface area (Å²) in [7, 11) is -2.97. The first-order valence-corrected chi connectivity index (χ1v) is 15.0. The predicted molar refractivity (Wildman–Crippen MR) is 132 cm³/mol. The molecule has 190 valence electrons. The van der Waals surface area contributed by atoms with E-state index in [4.69, 9.17) is 0 Å². The molecule has 1 aromatic rings. The molecule has 1 aliphatic heterocycles. The highest BCUT2D eigenvalue weighted by Gasteiger charge is 2.51. The topological polar surface area (TPSA) is 95.0 Å². The highest BCUT2D eigenvalue weighted by molar-refractivity contribution is 7.92. The normalized spacial score (nSPS) is 32.3. The molecule has 2 amide bonds. The molecule has 5 fully saturated rings. The molecule has 5 aliphatic rings. The molecule has 4 atom stereocenters. The lowest BCUT2D eigenvalue weighted by molar-refractivity contribution is -0.143. The van der Waals surface area contributed by atoms with Gasteiger partial charge in [0.2, 0.25) is 0 Å². The highest BCUT2D eigenvalue weighted by Crippen LogP contribution is 2.51. The molecule has 1 N–H and O–H groups in total. The first-order valence-electron chi connectivity index (χ1n) is 13.4. The third-order valence-electron chi connectivity index (χ3n) is 9.36. The summed E-state index contributed by atoms with van der Waals surface area (Å²) >= 11 is 0. The lowest BCUT2D eigenvalue weighted by atomic mass is 9.73. The molecule has 7 nitrogen and oxygen atoms in total. The maximum atomic E-state index is 13.1. The Morgan fingerprint density at radius 2 is 1.49 bits per heavy atom. The summed E-state index contributed by atoms with van der Waals surface area (Å²) in [5.41, 5.74) is 0.711. The van der Waals surface area contributed by atoms with Crippen molar-refractivity contribution in [3.63, 3.8) is 0 Å². The van der Waals surface area contributed by atoms with Gasteiger partial charge < -0.3 is 14.9 Å². The zero-order chi connectivity index (χ0) is 24.4. The van der Waals surface area contributed by atoms with E-state index in [0.29, 0.717) is 56.4 Å². The summed E-state index contributed by atoms with van der Waals surface area (Å²) in [6.45, 7) is 1.87. The van der Waals surface area contributed by atoms with E-state index in [9.17, 15) is 23.1 Å². The second-order valence-corrected chi connectivity index (χ2v) is 14.0. The van der Waals surface area contributed by atoms with Crippen LogP contribution in [0.5, 0.6) is 0 Å². The van der Waals surface area contributed by atoms with Crippen molar-refractivity contribution in [1.29, 1.82) is 0 Å². The summed E-state index contributed by atoms with van der Waals surface area (Å²) in [5, 5.41) is 9.85. The Bertz CT molecular complexity index is 1100. The Morgan fingerprint density at radius 3 is 2.11 bits per heavy atom. The SMILES string of the molecule is O=C(c1ccc(C2CCC3CCC(S(=O)(=O)C4CC4)C3C2)cc1)N1CCN(C(=O)C2(O)CC2)CC1. The van der Waals surface area contributed by atoms with Gasteiger partial charge in [0, 0.05) is 31.7 Å². The number of fused-ring (bicyclic) bond motifs is 1. The van der Waals surface area contributed by atoms with Gasteiger partial charge in [-0.2, -0.15) is 0 Å². The Hall–Kier alpha value is -1.93. The van der Waals surface area contributed by atoms with Gasteiger partial charge in [0.05, 0.1) is 10.5 Å². The van der Waals surface area contributed by atoms with Crippen LogP contribution in [-0.4, -0.2) is 77.4 Å². The number of hydrogen-bond acceptors (Lipinski definition) is 5. The van der Waals surface area contributed by atoms with Gasteiger partial charge in [-0.3, -0.25) is 9.59 Å². The fourth-order valence-electron chi connectivity index (χ4n) is 6.85. The minimum absolute atomic E-state index is 0.0242. The van der Waals surface area contributed by atoms with Crippen LogP contribution in [0.3, 0.4) is 0 Å². The van der Waals surface area contributed by atoms with Crippen LogP contribution >= 0.6 is 0 Å². The summed E-state index contributed by atoms with van der Waals surface area (Å²) in [5.74, 6) is 0.977. The van der Waals surface area contributed by atoms with Gasteiger partial charge >= 0.3 is 0 Å². The van der Waals surface area contributed by atoms with Crippen molar-refractivity contribution in [3.05, 3.63) is 35.4 Å². The molecule has 1 aromatic carbocycles. The van der Waals surface area contributed by atoms with E-state index in [2.05, 4.69) is 12.1 Å². The maximum Gasteiger partial charge on any atom is 0.254 e. The Kier molecular flexibility index (Phi) is 5.75. The van der Waals surface area contributed by atoms with Crippen LogP contribution in [0.4, 0.5) is 0 Å². The zero-order valence-corrected chi connectivity index (χ0v) is 21.1. The minimum Gasteiger partial charge on any atom is -0.380 e. The van der Waals surface area contributed by atoms with Gasteiger partial charge in [0.25, 0.3) is 11.8 Å². The van der Waals surface area contributed by atoms with E-state index in [0.717, 1.165) is 44.9 Å². The fourth-order valence-corrected chi connectivity index (χ4v) is 9.42. The quantitative estimate of drug-likeness (QED) is 0.671. The molecular weight excluding hydrogens is 464 g/mol. The van der Waals surface area contributed by atoms with Crippen molar-refractivity contribution in [2.45, 2.75) is 79.8 Å². The van der Waals surface area contributed by atoms with Crippen LogP contribution in [0, 0.1) is 11.8 Å². The first kappa shape index (κ1) is 23.5. The van der Waals surface area contributed by atoms with Crippen molar-refractivity contribution < 1.29 is 23.1 Å². The third-order valence-corrected chi connectivity index (χ3v) is 12.2. The van der Waals surface area contributed by atoms with Crippen LogP contribution in [-0.2, 0) is 14.6 Å². The Labute approximate surface area is 207 Å². The number of carbonyl (C=O) groups excluding carboxylic acids is 2. The molecule has 0 aromatic heterocycles. The molecule has 1 saturated heterocycles. The first-order chi connectivity index (χ1) is 16.8. The number of aliphatic hydroxyl groups is 1. The predicted octanol–water partition coefficient (Wildman–Crippen LogP) is 2.74. The van der Waals surface area contributed by atoms with Crippen LogP contribution in [0.15, 0.2) is 24.3 Å². The van der Waals surface area contributed by atoms with E-state index in [1.165, 1.54) is 5.56 Å². The van der Waals surface area contributed by atoms with Gasteiger partial charge in [0.15, 0.2) is 9.84 Å². The van der Waals surface area contributed by atoms with Crippen LogP contribution in [0.1, 0.15) is 79.6 Å². The molecule has 0 radical (unpaired) electrons. The van der Waals surface area contributed by atoms with Crippen LogP contribution < -0.4 is 0 Å². The number of carbonyl (C=O) groups is 2. The fraction of sp³-hybridized carbons (Fsp3) is 0.704. The molecule has 4 aliphatic carbocycles. The number of nitrogens with zero attached hydrogens (tertiary/aromatic N) is 2. The number of piperazine rings is 1. The van der Waals surface area contributed by atoms with Crippen LogP contribution in [0.2, 0.25) is 0 Å². The summed E-state index contributed by atoms with van der Waals surface area (Å²) in [4.78, 5) is 28.8. The average molecular weight is 501 g/mol. The van der Waals surface area contributed by atoms with Gasteiger partial charge in [-0.05, 0) is 93.2 Å². The molecule has 4 unspecified atom stereocenters. The number of rotatable bonds is 5. The Morgan fingerprint density at radius 1 is 0.857 bits per heavy atom. The number of amides is 2.